The molecule has 3 aliphatic rings. The Morgan fingerprint density at radius 2 is 1.45 bits per heavy atom. The van der Waals surface area contributed by atoms with Crippen LogP contribution >= 0.6 is 0 Å². The average Bonchev–Trinajstić information content (AvgIpc) is 3.60. The zero-order valence-electron chi connectivity index (χ0n) is 39.8. The number of nitrogens with zero attached hydrogens (tertiary/aromatic N) is 4. The number of hydrogen-bond donors (Lipinski definition) is 4. The average molecular weight is 921 g/mol. The summed E-state index contributed by atoms with van der Waals surface area (Å²) < 4.78 is 43.1. The largest absolute Gasteiger partial charge is 0.453 e. The highest BCUT2D eigenvalue weighted by atomic mass is 19.3. The summed E-state index contributed by atoms with van der Waals surface area (Å²) in [5.41, 5.74) is 4.46. The van der Waals surface area contributed by atoms with E-state index in [4.69, 9.17) is 14.5 Å². The van der Waals surface area contributed by atoms with Crippen LogP contribution in [0.1, 0.15) is 115 Å². The number of carbonyl (C=O) groups excluding carboxylic acids is 4. The van der Waals surface area contributed by atoms with Gasteiger partial charge < -0.3 is 39.9 Å². The molecule has 4 amide bonds. The first-order chi connectivity index (χ1) is 31.9. The lowest BCUT2D eigenvalue weighted by Gasteiger charge is -2.42. The number of aromatic amines is 2. The molecule has 16 heteroatoms. The number of nitrogens with one attached hydrogen (secondary N) is 4. The molecule has 0 radical (unpaired) electrons. The van der Waals surface area contributed by atoms with Crippen LogP contribution in [0.3, 0.4) is 0 Å². The first kappa shape index (κ1) is 47.2. The number of hydrogen-bond acceptors (Lipinski definition) is 8. The fourth-order valence-electron chi connectivity index (χ4n) is 9.83. The van der Waals surface area contributed by atoms with Crippen LogP contribution in [0.2, 0.25) is 0 Å². The Hall–Kier alpha value is -6.32. The molecular formula is C51H62F2N8O6. The number of H-pyrrole nitrogens is 2. The predicted octanol–water partition coefficient (Wildman–Crippen LogP) is 9.88. The van der Waals surface area contributed by atoms with Gasteiger partial charge in [-0.3, -0.25) is 9.59 Å². The highest BCUT2D eigenvalue weighted by Gasteiger charge is 2.46. The summed E-state index contributed by atoms with van der Waals surface area (Å²) in [6.45, 7) is 14.6. The number of likely N-dealkylation sites (tertiary alicyclic amines) is 1. The standard InChI is InChI=1S/C51H62F2N8O6/c1-10-30-12-11-21-60(46(62)41(27(2)3)58-48(64)66-8)43(30)45-55-38-18-15-32(24-39(38)56-45)31-13-16-34-35-17-14-33(23-37(35)51(52,53)36(34)22-31)40-25-54-44(57-40)29(6)61(26-50(7)19-20-50)47(63)42(28(4)5)59-49(65)67-9/h13-18,22-25,27-30,41-43H,10-12,19-21,26H2,1-9H3,(H,54,57)(H,55,56)(H,58,64)(H,59,65)/t29-,30+,41-,42-,43?/m0/s1. The maximum atomic E-state index is 16.7. The Bertz CT molecular complexity index is 2690. The molecule has 8 rings (SSSR count). The summed E-state index contributed by atoms with van der Waals surface area (Å²) in [5.74, 6) is -2.87. The molecule has 0 bridgehead atoms. The molecule has 5 atom stereocenters. The quantitative estimate of drug-likeness (QED) is 0.0852. The maximum Gasteiger partial charge on any atom is 0.407 e. The van der Waals surface area contributed by atoms with Crippen LogP contribution in [-0.2, 0) is 25.0 Å². The molecule has 2 aromatic heterocycles. The first-order valence-electron chi connectivity index (χ1n) is 23.4. The van der Waals surface area contributed by atoms with Crippen molar-refractivity contribution in [2.45, 2.75) is 111 Å². The van der Waals surface area contributed by atoms with E-state index in [1.807, 2.05) is 63.8 Å². The van der Waals surface area contributed by atoms with Crippen molar-refractivity contribution in [3.63, 3.8) is 0 Å². The molecule has 3 heterocycles. The van der Waals surface area contributed by atoms with Crippen molar-refractivity contribution in [1.82, 2.24) is 40.4 Å². The molecule has 0 spiro atoms. The predicted molar refractivity (Wildman–Crippen MR) is 251 cm³/mol. The number of imidazole rings is 2. The summed E-state index contributed by atoms with van der Waals surface area (Å²) >= 11 is 0. The lowest BCUT2D eigenvalue weighted by molar-refractivity contribution is -0.140. The van der Waals surface area contributed by atoms with Gasteiger partial charge in [-0.05, 0) is 102 Å². The van der Waals surface area contributed by atoms with Gasteiger partial charge in [-0.1, -0.05) is 78.3 Å². The fourth-order valence-corrected chi connectivity index (χ4v) is 9.83. The van der Waals surface area contributed by atoms with E-state index >= 15 is 8.78 Å². The van der Waals surface area contributed by atoms with Crippen molar-refractivity contribution >= 4 is 35.0 Å². The minimum atomic E-state index is -3.30. The second-order valence-corrected chi connectivity index (χ2v) is 19.6. The molecule has 14 nitrogen and oxygen atoms in total. The number of alkyl halides is 2. The number of alkyl carbamates (subject to hydrolysis) is 2. The number of piperidine rings is 1. The monoisotopic (exact) mass is 920 g/mol. The number of methoxy groups -OCH3 is 2. The van der Waals surface area contributed by atoms with E-state index in [-0.39, 0.29) is 52.2 Å². The molecule has 1 saturated heterocycles. The molecule has 2 aliphatic carbocycles. The molecule has 5 aromatic rings. The lowest BCUT2D eigenvalue weighted by atomic mass is 9.85. The second kappa shape index (κ2) is 18.4. The molecule has 356 valence electrons. The third-order valence-corrected chi connectivity index (χ3v) is 14.2. The van der Waals surface area contributed by atoms with Gasteiger partial charge in [-0.2, -0.15) is 8.78 Å². The number of benzene rings is 3. The summed E-state index contributed by atoms with van der Waals surface area (Å²) in [6.07, 6.45) is 4.76. The van der Waals surface area contributed by atoms with Crippen molar-refractivity contribution < 1.29 is 37.4 Å². The van der Waals surface area contributed by atoms with Crippen LogP contribution in [0.15, 0.2) is 60.8 Å². The lowest BCUT2D eigenvalue weighted by Crippen LogP contribution is -2.54. The van der Waals surface area contributed by atoms with Crippen molar-refractivity contribution in [3.05, 3.63) is 83.6 Å². The van der Waals surface area contributed by atoms with Gasteiger partial charge in [0.2, 0.25) is 11.8 Å². The van der Waals surface area contributed by atoms with Gasteiger partial charge in [-0.25, -0.2) is 19.6 Å². The van der Waals surface area contributed by atoms with Gasteiger partial charge in [0, 0.05) is 29.8 Å². The number of rotatable bonds is 14. The van der Waals surface area contributed by atoms with Crippen LogP contribution in [-0.4, -0.2) is 93.1 Å². The zero-order chi connectivity index (χ0) is 48.1. The molecule has 67 heavy (non-hydrogen) atoms. The van der Waals surface area contributed by atoms with E-state index < -0.39 is 36.2 Å². The van der Waals surface area contributed by atoms with Gasteiger partial charge in [0.25, 0.3) is 5.92 Å². The molecule has 1 saturated carbocycles. The highest BCUT2D eigenvalue weighted by molar-refractivity contribution is 5.89. The molecule has 3 aromatic carbocycles. The summed E-state index contributed by atoms with van der Waals surface area (Å²) in [5, 5.41) is 5.42. The van der Waals surface area contributed by atoms with Gasteiger partial charge in [0.05, 0.1) is 49.2 Å². The summed E-state index contributed by atoms with van der Waals surface area (Å²) in [6, 6.07) is 13.4. The van der Waals surface area contributed by atoms with Gasteiger partial charge in [0.15, 0.2) is 0 Å². The van der Waals surface area contributed by atoms with E-state index in [9.17, 15) is 19.2 Å². The Kier molecular flexibility index (Phi) is 13.0. The SMILES string of the molecule is CC[C@@H]1CCCN(C(=O)[C@@H](NC(=O)OC)C(C)C)C1c1nc2ccc(-c3ccc4c(c3)C(F)(F)c3cc(-c5cnc([C@H](C)N(CC6(C)CC6)C(=O)[C@@H](NC(=O)OC)C(C)C)[nH]5)ccc3-4)cc2[nH]1. The summed E-state index contributed by atoms with van der Waals surface area (Å²) in [4.78, 5) is 72.6. The van der Waals surface area contributed by atoms with Crippen molar-refractivity contribution in [3.8, 4) is 33.5 Å². The smallest absolute Gasteiger partial charge is 0.407 e. The first-order valence-corrected chi connectivity index (χ1v) is 23.4. The molecule has 1 aliphatic heterocycles. The zero-order valence-corrected chi connectivity index (χ0v) is 39.8. The molecule has 2 fully saturated rings. The fraction of sp³-hybridized carbons (Fsp3) is 0.490. The van der Waals surface area contributed by atoms with E-state index in [1.54, 1.807) is 35.4 Å². The second-order valence-electron chi connectivity index (χ2n) is 19.6. The van der Waals surface area contributed by atoms with Crippen LogP contribution in [0.25, 0.3) is 44.5 Å². The minimum Gasteiger partial charge on any atom is -0.453 e. The normalized spacial score (nSPS) is 19.3. The van der Waals surface area contributed by atoms with Crippen LogP contribution in [0.4, 0.5) is 18.4 Å². The van der Waals surface area contributed by atoms with E-state index in [0.717, 1.165) is 37.7 Å². The Labute approximate surface area is 390 Å². The topological polar surface area (TPSA) is 175 Å². The Morgan fingerprint density at radius 1 is 0.851 bits per heavy atom. The van der Waals surface area contributed by atoms with Crippen molar-refractivity contribution in [2.24, 2.45) is 23.2 Å². The minimum absolute atomic E-state index is 0.0502. The van der Waals surface area contributed by atoms with Gasteiger partial charge in [-0.15, -0.1) is 0 Å². The number of carbonyl (C=O) groups is 4. The third kappa shape index (κ3) is 9.10. The summed E-state index contributed by atoms with van der Waals surface area (Å²) in [7, 11) is 2.53. The van der Waals surface area contributed by atoms with Crippen molar-refractivity contribution in [1.29, 1.82) is 0 Å². The Morgan fingerprint density at radius 3 is 2.06 bits per heavy atom. The van der Waals surface area contributed by atoms with E-state index in [2.05, 4.69) is 39.4 Å². The molecule has 4 N–H and O–H groups in total. The highest BCUT2D eigenvalue weighted by Crippen LogP contribution is 2.53. The van der Waals surface area contributed by atoms with Gasteiger partial charge in [0.1, 0.15) is 23.7 Å². The van der Waals surface area contributed by atoms with Crippen LogP contribution in [0.5, 0.6) is 0 Å². The van der Waals surface area contributed by atoms with E-state index in [0.29, 0.717) is 63.7 Å². The number of amides is 4. The van der Waals surface area contributed by atoms with Crippen LogP contribution in [0, 0.1) is 23.2 Å². The van der Waals surface area contributed by atoms with Crippen molar-refractivity contribution in [2.75, 3.05) is 27.3 Å². The molecular weight excluding hydrogens is 859 g/mol. The number of aromatic nitrogens is 4. The third-order valence-electron chi connectivity index (χ3n) is 14.2. The number of ether oxygens (including phenoxy) is 2. The van der Waals surface area contributed by atoms with Gasteiger partial charge >= 0.3 is 12.2 Å². The van der Waals surface area contributed by atoms with Crippen LogP contribution < -0.4 is 10.6 Å². The van der Waals surface area contributed by atoms with E-state index in [1.165, 1.54) is 20.3 Å². The number of halogens is 2. The molecule has 1 unspecified atom stereocenters. The maximum absolute atomic E-state index is 16.7. The Balaban J connectivity index is 1.04. The number of fused-ring (bicyclic) bond motifs is 4.